The van der Waals surface area contributed by atoms with Gasteiger partial charge in [-0.25, -0.2) is 18.7 Å². The Bertz CT molecular complexity index is 2220. The van der Waals surface area contributed by atoms with Gasteiger partial charge in [-0.1, -0.05) is 30.7 Å². The molecule has 4 aliphatic rings. The predicted octanol–water partition coefficient (Wildman–Crippen LogP) is 6.32. The Balaban J connectivity index is 0.769. The molecular formula is C45H52F2N8O4. The molecule has 3 amide bonds. The summed E-state index contributed by atoms with van der Waals surface area (Å²) in [4.78, 5) is 60.7. The number of benzene rings is 2. The van der Waals surface area contributed by atoms with E-state index in [2.05, 4.69) is 36.1 Å². The number of pyridine rings is 1. The lowest BCUT2D eigenvalue weighted by Crippen LogP contribution is -2.47. The summed E-state index contributed by atoms with van der Waals surface area (Å²) in [7, 11) is 0. The Hall–Kier alpha value is -5.50. The van der Waals surface area contributed by atoms with Crippen molar-refractivity contribution < 1.29 is 23.2 Å². The van der Waals surface area contributed by atoms with E-state index in [-0.39, 0.29) is 65.1 Å². The first-order valence-corrected chi connectivity index (χ1v) is 21.1. The molecule has 2 saturated heterocycles. The van der Waals surface area contributed by atoms with Crippen LogP contribution in [0, 0.1) is 23.5 Å². The molecule has 4 fully saturated rings. The number of likely N-dealkylation sites (tertiary alicyclic amines) is 1. The number of piperidine rings is 2. The first-order chi connectivity index (χ1) is 28.6. The van der Waals surface area contributed by atoms with Crippen molar-refractivity contribution >= 4 is 29.4 Å². The zero-order chi connectivity index (χ0) is 40.9. The summed E-state index contributed by atoms with van der Waals surface area (Å²) in [6, 6.07) is 16.7. The molecule has 59 heavy (non-hydrogen) atoms. The Morgan fingerprint density at radius 1 is 0.831 bits per heavy atom. The van der Waals surface area contributed by atoms with E-state index in [1.807, 2.05) is 12.1 Å². The SMILES string of the molecule is O=C1CCC(Nc2ccc(C3CCN(C[C@H]4CC[C@@H](NC(=O)[C@H]5CCC[C@H](Nc6ncc(F)c(-c7cccc(-n8ccccc8=O)c7)n6)C5)CC4)CC3)c(F)c2)C(=O)N1. The highest BCUT2D eigenvalue weighted by Crippen LogP contribution is 2.34. The summed E-state index contributed by atoms with van der Waals surface area (Å²) in [5.74, 6) is -0.479. The van der Waals surface area contributed by atoms with Gasteiger partial charge < -0.3 is 20.9 Å². The molecule has 1 unspecified atom stereocenters. The lowest BCUT2D eigenvalue weighted by atomic mass is 9.82. The van der Waals surface area contributed by atoms with E-state index >= 15 is 8.78 Å². The van der Waals surface area contributed by atoms with Gasteiger partial charge in [0.05, 0.1) is 6.20 Å². The van der Waals surface area contributed by atoms with Crippen LogP contribution in [0.25, 0.3) is 16.9 Å². The maximum Gasteiger partial charge on any atom is 0.255 e. The second-order valence-electron chi connectivity index (χ2n) is 16.7. The van der Waals surface area contributed by atoms with Gasteiger partial charge >= 0.3 is 0 Å². The highest BCUT2D eigenvalue weighted by atomic mass is 19.1. The number of halogens is 2. The Morgan fingerprint density at radius 2 is 1.66 bits per heavy atom. The van der Waals surface area contributed by atoms with Gasteiger partial charge in [0.15, 0.2) is 5.82 Å². The maximum atomic E-state index is 15.2. The van der Waals surface area contributed by atoms with E-state index in [9.17, 15) is 19.2 Å². The fourth-order valence-corrected chi connectivity index (χ4v) is 9.41. The topological polar surface area (TPSA) is 150 Å². The van der Waals surface area contributed by atoms with Gasteiger partial charge in [0.2, 0.25) is 23.7 Å². The number of nitrogens with zero attached hydrogens (tertiary/aromatic N) is 4. The molecule has 8 rings (SSSR count). The van der Waals surface area contributed by atoms with E-state index in [4.69, 9.17) is 0 Å². The maximum absolute atomic E-state index is 15.2. The van der Waals surface area contributed by atoms with E-state index < -0.39 is 11.9 Å². The number of nitrogens with one attached hydrogen (secondary N) is 4. The van der Waals surface area contributed by atoms with Gasteiger partial charge in [-0.15, -0.1) is 0 Å². The van der Waals surface area contributed by atoms with Crippen molar-refractivity contribution in [2.75, 3.05) is 30.3 Å². The average Bonchev–Trinajstić information content (AvgIpc) is 3.24. The lowest BCUT2D eigenvalue weighted by molar-refractivity contribution is -0.133. The minimum absolute atomic E-state index is 0.0234. The molecule has 0 spiro atoms. The molecule has 4 aromatic rings. The molecule has 0 radical (unpaired) electrons. The second kappa shape index (κ2) is 18.2. The number of anilines is 2. The number of hydrogen-bond donors (Lipinski definition) is 4. The number of amides is 3. The predicted molar refractivity (Wildman–Crippen MR) is 221 cm³/mol. The summed E-state index contributed by atoms with van der Waals surface area (Å²) in [5, 5.41) is 12.1. The summed E-state index contributed by atoms with van der Waals surface area (Å²) in [6.07, 6.45) is 12.5. The Kier molecular flexibility index (Phi) is 12.4. The zero-order valence-electron chi connectivity index (χ0n) is 33.2. The van der Waals surface area contributed by atoms with Crippen LogP contribution in [0.5, 0.6) is 0 Å². The largest absolute Gasteiger partial charge is 0.374 e. The fraction of sp³-hybridized carbons (Fsp3) is 0.467. The number of rotatable bonds is 11. The Labute approximate surface area is 342 Å². The minimum atomic E-state index is -0.563. The van der Waals surface area contributed by atoms with Gasteiger partial charge in [0, 0.05) is 60.2 Å². The van der Waals surface area contributed by atoms with E-state index in [1.54, 1.807) is 42.6 Å². The molecule has 2 aliphatic heterocycles. The minimum Gasteiger partial charge on any atom is -0.374 e. The molecule has 2 saturated carbocycles. The van der Waals surface area contributed by atoms with Crippen LogP contribution in [0.3, 0.4) is 0 Å². The molecule has 4 heterocycles. The van der Waals surface area contributed by atoms with Gasteiger partial charge in [0.1, 0.15) is 17.6 Å². The van der Waals surface area contributed by atoms with Crippen molar-refractivity contribution in [2.24, 2.45) is 11.8 Å². The number of carbonyl (C=O) groups excluding carboxylic acids is 3. The van der Waals surface area contributed by atoms with Gasteiger partial charge in [-0.05, 0) is 125 Å². The summed E-state index contributed by atoms with van der Waals surface area (Å²) < 4.78 is 31.8. The highest BCUT2D eigenvalue weighted by Gasteiger charge is 2.32. The van der Waals surface area contributed by atoms with Gasteiger partial charge in [0.25, 0.3) is 5.56 Å². The quantitative estimate of drug-likeness (QED) is 0.128. The number of imide groups is 1. The average molecular weight is 807 g/mol. The Morgan fingerprint density at radius 3 is 2.44 bits per heavy atom. The smallest absolute Gasteiger partial charge is 0.255 e. The summed E-state index contributed by atoms with van der Waals surface area (Å²) >= 11 is 0. The van der Waals surface area contributed by atoms with Crippen LogP contribution in [0.4, 0.5) is 20.4 Å². The third kappa shape index (κ3) is 9.86. The van der Waals surface area contributed by atoms with E-state index in [0.29, 0.717) is 47.2 Å². The molecule has 310 valence electrons. The fourth-order valence-electron chi connectivity index (χ4n) is 9.41. The molecule has 2 aromatic heterocycles. The zero-order valence-corrected chi connectivity index (χ0v) is 33.2. The van der Waals surface area contributed by atoms with Crippen LogP contribution in [0.15, 0.2) is 77.9 Å². The summed E-state index contributed by atoms with van der Waals surface area (Å²) in [6.45, 7) is 2.86. The van der Waals surface area contributed by atoms with Crippen molar-refractivity contribution in [1.29, 1.82) is 0 Å². The van der Waals surface area contributed by atoms with Gasteiger partial charge in [-0.3, -0.25) is 29.1 Å². The molecule has 2 aromatic carbocycles. The van der Waals surface area contributed by atoms with Crippen LogP contribution in [0.2, 0.25) is 0 Å². The lowest BCUT2D eigenvalue weighted by Gasteiger charge is -2.37. The van der Waals surface area contributed by atoms with E-state index in [1.165, 1.54) is 16.7 Å². The number of aromatic nitrogens is 3. The van der Waals surface area contributed by atoms with Crippen molar-refractivity contribution in [3.05, 3.63) is 101 Å². The standard InChI is InChI=1S/C45H52F2N8O4/c46-37-25-34(49-39-16-17-40(56)52-44(39)59)14-15-36(37)29-18-21-54(22-19-29)27-28-10-12-32(13-11-28)50-43(58)31-6-3-7-33(23-31)51-45-48-26-38(47)42(53-45)30-5-4-8-35(24-30)55-20-2-1-9-41(55)57/h1-2,4-5,8-9,14-15,20,24-26,28-29,31-33,39,49H,3,6-7,10-13,16-19,21-23,27H2,(H,50,58)(H,48,51,53)(H,52,56,59)/t28-,31-,32+,33-,39?/m0/s1. The highest BCUT2D eigenvalue weighted by molar-refractivity contribution is 6.01. The number of hydrogen-bond acceptors (Lipinski definition) is 9. The molecule has 14 heteroatoms. The van der Waals surface area contributed by atoms with Crippen molar-refractivity contribution in [1.82, 2.24) is 30.1 Å². The molecule has 2 aliphatic carbocycles. The van der Waals surface area contributed by atoms with E-state index in [0.717, 1.165) is 83.6 Å². The van der Waals surface area contributed by atoms with Crippen molar-refractivity contribution in [2.45, 2.75) is 101 Å². The van der Waals surface area contributed by atoms with Gasteiger partial charge in [-0.2, -0.15) is 0 Å². The van der Waals surface area contributed by atoms with Crippen LogP contribution < -0.4 is 26.8 Å². The monoisotopic (exact) mass is 806 g/mol. The molecule has 12 nitrogen and oxygen atoms in total. The van der Waals surface area contributed by atoms with Crippen LogP contribution in [-0.4, -0.2) is 74.9 Å². The third-order valence-corrected chi connectivity index (χ3v) is 12.7. The van der Waals surface area contributed by atoms with Crippen LogP contribution >= 0.6 is 0 Å². The van der Waals surface area contributed by atoms with Crippen molar-refractivity contribution in [3.8, 4) is 16.9 Å². The first-order valence-electron chi connectivity index (χ1n) is 21.1. The number of carbonyl (C=O) groups is 3. The van der Waals surface area contributed by atoms with Crippen LogP contribution in [-0.2, 0) is 14.4 Å². The van der Waals surface area contributed by atoms with Crippen molar-refractivity contribution in [3.63, 3.8) is 0 Å². The molecule has 0 bridgehead atoms. The summed E-state index contributed by atoms with van der Waals surface area (Å²) in [5.41, 5.74) is 2.34. The molecular weight excluding hydrogens is 755 g/mol. The van der Waals surface area contributed by atoms with Crippen LogP contribution in [0.1, 0.15) is 88.5 Å². The third-order valence-electron chi connectivity index (χ3n) is 12.7. The first kappa shape index (κ1) is 40.3. The second-order valence-corrected chi connectivity index (χ2v) is 16.7. The molecule has 3 atom stereocenters. The molecule has 4 N–H and O–H groups in total. The normalized spacial score (nSPS) is 24.3.